The molecule has 2 rings (SSSR count). The quantitative estimate of drug-likeness (QED) is 0.744. The standard InChI is InChI=1S/C8H6N2O3/c9-8(11)6-7(13-4-10-6)5-2-1-3-12-5/h1-4H,(H2,9,11). The molecule has 0 spiro atoms. The summed E-state index contributed by atoms with van der Waals surface area (Å²) < 4.78 is 9.99. The molecule has 13 heavy (non-hydrogen) atoms. The van der Waals surface area contributed by atoms with Crippen molar-refractivity contribution in [1.82, 2.24) is 4.98 Å². The van der Waals surface area contributed by atoms with E-state index in [1.165, 1.54) is 6.26 Å². The van der Waals surface area contributed by atoms with Gasteiger partial charge < -0.3 is 14.6 Å². The fraction of sp³-hybridized carbons (Fsp3) is 0. The minimum atomic E-state index is -0.639. The van der Waals surface area contributed by atoms with Crippen LogP contribution in [0.3, 0.4) is 0 Å². The van der Waals surface area contributed by atoms with Gasteiger partial charge in [-0.3, -0.25) is 4.79 Å². The van der Waals surface area contributed by atoms with Crippen molar-refractivity contribution in [2.24, 2.45) is 5.73 Å². The van der Waals surface area contributed by atoms with E-state index in [0.717, 1.165) is 6.39 Å². The molecule has 1 amide bonds. The Bertz CT molecular complexity index is 416. The Balaban J connectivity index is 2.52. The molecule has 0 fully saturated rings. The molecule has 2 heterocycles. The van der Waals surface area contributed by atoms with Crippen molar-refractivity contribution >= 4 is 5.91 Å². The molecule has 0 aromatic carbocycles. The van der Waals surface area contributed by atoms with Crippen LogP contribution in [0.15, 0.2) is 33.6 Å². The summed E-state index contributed by atoms with van der Waals surface area (Å²) in [5.41, 5.74) is 5.14. The molecule has 0 bridgehead atoms. The molecule has 0 aliphatic carbocycles. The maximum absolute atomic E-state index is 10.8. The Morgan fingerprint density at radius 3 is 2.92 bits per heavy atom. The van der Waals surface area contributed by atoms with E-state index in [1.54, 1.807) is 12.1 Å². The molecule has 5 nitrogen and oxygen atoms in total. The number of hydrogen-bond acceptors (Lipinski definition) is 4. The van der Waals surface area contributed by atoms with Crippen LogP contribution in [0, 0.1) is 0 Å². The van der Waals surface area contributed by atoms with Crippen molar-refractivity contribution in [2.75, 3.05) is 0 Å². The normalized spacial score (nSPS) is 10.2. The molecular weight excluding hydrogens is 172 g/mol. The number of nitrogens with zero attached hydrogens (tertiary/aromatic N) is 1. The Kier molecular flexibility index (Phi) is 1.63. The average Bonchev–Trinajstić information content (AvgIpc) is 2.74. The lowest BCUT2D eigenvalue weighted by atomic mass is 10.3. The maximum atomic E-state index is 10.8. The highest BCUT2D eigenvalue weighted by molar-refractivity contribution is 5.95. The molecule has 0 radical (unpaired) electrons. The SMILES string of the molecule is NC(=O)c1ncoc1-c1ccco1. The Morgan fingerprint density at radius 1 is 1.46 bits per heavy atom. The van der Waals surface area contributed by atoms with E-state index in [4.69, 9.17) is 14.6 Å². The Labute approximate surface area is 73.2 Å². The van der Waals surface area contributed by atoms with Gasteiger partial charge in [0.1, 0.15) is 0 Å². The number of oxazole rings is 1. The van der Waals surface area contributed by atoms with Crippen molar-refractivity contribution in [3.63, 3.8) is 0 Å². The van der Waals surface area contributed by atoms with Crippen molar-refractivity contribution < 1.29 is 13.6 Å². The van der Waals surface area contributed by atoms with Crippen LogP contribution in [0.5, 0.6) is 0 Å². The highest BCUT2D eigenvalue weighted by atomic mass is 16.4. The van der Waals surface area contributed by atoms with Gasteiger partial charge in [-0.1, -0.05) is 0 Å². The summed E-state index contributed by atoms with van der Waals surface area (Å²) in [4.78, 5) is 14.5. The van der Waals surface area contributed by atoms with Crippen molar-refractivity contribution in [3.8, 4) is 11.5 Å². The number of hydrogen-bond donors (Lipinski definition) is 1. The van der Waals surface area contributed by atoms with Gasteiger partial charge in [-0.25, -0.2) is 4.98 Å². The molecule has 2 aromatic rings. The van der Waals surface area contributed by atoms with Gasteiger partial charge in [0.2, 0.25) is 5.76 Å². The van der Waals surface area contributed by atoms with Gasteiger partial charge in [-0.05, 0) is 12.1 Å². The van der Waals surface area contributed by atoms with Crippen LogP contribution >= 0.6 is 0 Å². The first-order chi connectivity index (χ1) is 6.29. The number of primary amides is 1. The summed E-state index contributed by atoms with van der Waals surface area (Å²) in [7, 11) is 0. The van der Waals surface area contributed by atoms with E-state index in [2.05, 4.69) is 4.98 Å². The van der Waals surface area contributed by atoms with Crippen LogP contribution in [-0.4, -0.2) is 10.9 Å². The van der Waals surface area contributed by atoms with Gasteiger partial charge in [0.15, 0.2) is 17.8 Å². The summed E-state index contributed by atoms with van der Waals surface area (Å²) >= 11 is 0. The second kappa shape index (κ2) is 2.78. The molecule has 0 aliphatic heterocycles. The third-order valence-corrected chi connectivity index (χ3v) is 1.55. The third kappa shape index (κ3) is 1.20. The summed E-state index contributed by atoms with van der Waals surface area (Å²) in [5, 5.41) is 0. The summed E-state index contributed by atoms with van der Waals surface area (Å²) in [6.07, 6.45) is 2.63. The van der Waals surface area contributed by atoms with E-state index in [-0.39, 0.29) is 11.5 Å². The topological polar surface area (TPSA) is 82.3 Å². The number of rotatable bonds is 2. The van der Waals surface area contributed by atoms with E-state index >= 15 is 0 Å². The molecule has 2 N–H and O–H groups in total. The lowest BCUT2D eigenvalue weighted by Crippen LogP contribution is -2.12. The van der Waals surface area contributed by atoms with Gasteiger partial charge in [0.05, 0.1) is 6.26 Å². The van der Waals surface area contributed by atoms with Crippen LogP contribution in [0.25, 0.3) is 11.5 Å². The summed E-state index contributed by atoms with van der Waals surface area (Å²) in [5.74, 6) is 0.0592. The summed E-state index contributed by atoms with van der Waals surface area (Å²) in [6, 6.07) is 3.34. The van der Waals surface area contributed by atoms with E-state index < -0.39 is 5.91 Å². The largest absolute Gasteiger partial charge is 0.461 e. The number of aromatic nitrogens is 1. The lowest BCUT2D eigenvalue weighted by Gasteiger charge is -1.91. The Morgan fingerprint density at radius 2 is 2.31 bits per heavy atom. The van der Waals surface area contributed by atoms with Crippen molar-refractivity contribution in [1.29, 1.82) is 0 Å². The molecule has 0 saturated heterocycles. The average molecular weight is 178 g/mol. The molecule has 0 unspecified atom stereocenters. The number of carbonyl (C=O) groups is 1. The maximum Gasteiger partial charge on any atom is 0.271 e. The molecule has 0 aliphatic rings. The van der Waals surface area contributed by atoms with Crippen LogP contribution in [0.2, 0.25) is 0 Å². The van der Waals surface area contributed by atoms with Gasteiger partial charge in [0, 0.05) is 0 Å². The van der Waals surface area contributed by atoms with Gasteiger partial charge in [-0.15, -0.1) is 0 Å². The van der Waals surface area contributed by atoms with E-state index in [1.807, 2.05) is 0 Å². The van der Waals surface area contributed by atoms with Gasteiger partial charge in [0.25, 0.3) is 5.91 Å². The first-order valence-corrected chi connectivity index (χ1v) is 3.56. The highest BCUT2D eigenvalue weighted by Gasteiger charge is 2.16. The Hall–Kier alpha value is -2.04. The minimum Gasteiger partial charge on any atom is -0.461 e. The van der Waals surface area contributed by atoms with Crippen LogP contribution in [-0.2, 0) is 0 Å². The lowest BCUT2D eigenvalue weighted by molar-refractivity contribution is 0.0996. The van der Waals surface area contributed by atoms with Crippen LogP contribution in [0.4, 0.5) is 0 Å². The first kappa shape index (κ1) is 7.60. The van der Waals surface area contributed by atoms with Crippen molar-refractivity contribution in [2.45, 2.75) is 0 Å². The minimum absolute atomic E-state index is 0.0787. The number of nitrogens with two attached hydrogens (primary N) is 1. The van der Waals surface area contributed by atoms with Gasteiger partial charge in [-0.2, -0.15) is 0 Å². The smallest absolute Gasteiger partial charge is 0.271 e. The third-order valence-electron chi connectivity index (χ3n) is 1.55. The van der Waals surface area contributed by atoms with Crippen LogP contribution in [0.1, 0.15) is 10.5 Å². The zero-order valence-corrected chi connectivity index (χ0v) is 6.56. The van der Waals surface area contributed by atoms with Crippen LogP contribution < -0.4 is 5.73 Å². The second-order valence-electron chi connectivity index (χ2n) is 2.37. The zero-order valence-electron chi connectivity index (χ0n) is 6.56. The molecule has 0 saturated carbocycles. The number of furan rings is 1. The molecule has 66 valence electrons. The second-order valence-corrected chi connectivity index (χ2v) is 2.37. The van der Waals surface area contributed by atoms with E-state index in [9.17, 15) is 4.79 Å². The molecular formula is C8H6N2O3. The molecule has 2 aromatic heterocycles. The van der Waals surface area contributed by atoms with Gasteiger partial charge >= 0.3 is 0 Å². The summed E-state index contributed by atoms with van der Waals surface area (Å²) in [6.45, 7) is 0. The highest BCUT2D eigenvalue weighted by Crippen LogP contribution is 2.22. The number of amides is 1. The van der Waals surface area contributed by atoms with E-state index in [0.29, 0.717) is 5.76 Å². The fourth-order valence-corrected chi connectivity index (χ4v) is 1.00. The fourth-order valence-electron chi connectivity index (χ4n) is 1.00. The predicted molar refractivity (Wildman–Crippen MR) is 42.7 cm³/mol. The van der Waals surface area contributed by atoms with Crippen molar-refractivity contribution in [3.05, 3.63) is 30.5 Å². The first-order valence-electron chi connectivity index (χ1n) is 3.56. The zero-order chi connectivity index (χ0) is 9.26. The number of carbonyl (C=O) groups excluding carboxylic acids is 1. The molecule has 0 atom stereocenters. The predicted octanol–water partition coefficient (Wildman–Crippen LogP) is 1.03. The molecule has 5 heteroatoms. The monoisotopic (exact) mass is 178 g/mol.